The van der Waals surface area contributed by atoms with Crippen LogP contribution in [-0.2, 0) is 0 Å². The number of benzene rings is 1. The Morgan fingerprint density at radius 2 is 1.53 bits per heavy atom. The number of hydrogen-bond acceptors (Lipinski definition) is 1. The van der Waals surface area contributed by atoms with E-state index in [1.165, 1.54) is 31.2 Å². The van der Waals surface area contributed by atoms with Crippen molar-refractivity contribution in [2.45, 2.75) is 59.3 Å². The Bertz CT molecular complexity index is 428. The average molecular weight is 258 g/mol. The fourth-order valence-electron chi connectivity index (χ4n) is 3.28. The summed E-state index contributed by atoms with van der Waals surface area (Å²) in [6.45, 7) is 8.71. The maximum atomic E-state index is 11.3. The molecule has 1 aliphatic carbocycles. The lowest BCUT2D eigenvalue weighted by Gasteiger charge is -2.37. The van der Waals surface area contributed by atoms with Crippen LogP contribution in [-0.4, -0.2) is 5.78 Å². The van der Waals surface area contributed by atoms with Crippen LogP contribution in [0.2, 0.25) is 0 Å². The molecule has 1 fully saturated rings. The third kappa shape index (κ3) is 3.46. The minimum absolute atomic E-state index is 0.156. The van der Waals surface area contributed by atoms with Crippen molar-refractivity contribution in [3.8, 4) is 0 Å². The van der Waals surface area contributed by atoms with E-state index in [-0.39, 0.29) is 5.78 Å². The van der Waals surface area contributed by atoms with Gasteiger partial charge < -0.3 is 0 Å². The Morgan fingerprint density at radius 1 is 1.00 bits per heavy atom. The summed E-state index contributed by atoms with van der Waals surface area (Å²) >= 11 is 0. The van der Waals surface area contributed by atoms with E-state index in [1.807, 2.05) is 12.1 Å². The van der Waals surface area contributed by atoms with Gasteiger partial charge in [-0.05, 0) is 55.4 Å². The third-order valence-corrected chi connectivity index (χ3v) is 4.74. The van der Waals surface area contributed by atoms with Crippen LogP contribution < -0.4 is 0 Å². The van der Waals surface area contributed by atoms with Crippen LogP contribution >= 0.6 is 0 Å². The van der Waals surface area contributed by atoms with Gasteiger partial charge in [-0.15, -0.1) is 0 Å². The lowest BCUT2D eigenvalue weighted by molar-refractivity contribution is 0.101. The van der Waals surface area contributed by atoms with Gasteiger partial charge in [0.1, 0.15) is 0 Å². The second-order valence-corrected chi connectivity index (χ2v) is 7.09. The van der Waals surface area contributed by atoms with Crippen molar-refractivity contribution in [3.05, 3.63) is 35.4 Å². The topological polar surface area (TPSA) is 17.1 Å². The van der Waals surface area contributed by atoms with E-state index in [1.54, 1.807) is 6.92 Å². The van der Waals surface area contributed by atoms with Crippen molar-refractivity contribution in [2.24, 2.45) is 11.3 Å². The van der Waals surface area contributed by atoms with Gasteiger partial charge in [-0.25, -0.2) is 0 Å². The van der Waals surface area contributed by atoms with E-state index in [0.717, 1.165) is 11.5 Å². The van der Waals surface area contributed by atoms with Crippen molar-refractivity contribution in [1.29, 1.82) is 0 Å². The molecule has 0 spiro atoms. The Kier molecular flexibility index (Phi) is 4.13. The summed E-state index contributed by atoms with van der Waals surface area (Å²) in [5.41, 5.74) is 2.69. The lowest BCUT2D eigenvalue weighted by Crippen LogP contribution is -2.25. The SMILES string of the molecule is CC(=O)c1ccc(C2CCC(C(C)(C)C)CC2)cc1. The van der Waals surface area contributed by atoms with Crippen LogP contribution in [0.15, 0.2) is 24.3 Å². The van der Waals surface area contributed by atoms with Crippen molar-refractivity contribution < 1.29 is 4.79 Å². The zero-order valence-electron chi connectivity index (χ0n) is 12.7. The maximum absolute atomic E-state index is 11.3. The van der Waals surface area contributed by atoms with E-state index >= 15 is 0 Å². The minimum atomic E-state index is 0.156. The molecule has 1 aromatic rings. The molecule has 1 nitrogen and oxygen atoms in total. The Morgan fingerprint density at radius 3 is 1.95 bits per heavy atom. The number of hydrogen-bond donors (Lipinski definition) is 0. The van der Waals surface area contributed by atoms with Crippen LogP contribution in [0, 0.1) is 11.3 Å². The molecule has 0 radical (unpaired) electrons. The lowest BCUT2D eigenvalue weighted by atomic mass is 9.68. The highest BCUT2D eigenvalue weighted by molar-refractivity contribution is 5.94. The first-order chi connectivity index (χ1) is 8.88. The van der Waals surface area contributed by atoms with E-state index in [2.05, 4.69) is 32.9 Å². The highest BCUT2D eigenvalue weighted by atomic mass is 16.1. The van der Waals surface area contributed by atoms with E-state index < -0.39 is 0 Å². The first kappa shape index (κ1) is 14.3. The largest absolute Gasteiger partial charge is 0.295 e. The van der Waals surface area contributed by atoms with Crippen molar-refractivity contribution in [3.63, 3.8) is 0 Å². The predicted molar refractivity (Wildman–Crippen MR) is 80.6 cm³/mol. The molecule has 0 heterocycles. The summed E-state index contributed by atoms with van der Waals surface area (Å²) in [4.78, 5) is 11.3. The molecule has 0 aromatic heterocycles. The van der Waals surface area contributed by atoms with Crippen molar-refractivity contribution in [1.82, 2.24) is 0 Å². The van der Waals surface area contributed by atoms with E-state index in [9.17, 15) is 4.79 Å². The molecule has 0 saturated heterocycles. The van der Waals surface area contributed by atoms with Gasteiger partial charge >= 0.3 is 0 Å². The average Bonchev–Trinajstić information content (AvgIpc) is 2.38. The van der Waals surface area contributed by atoms with Gasteiger partial charge in [0.15, 0.2) is 5.78 Å². The summed E-state index contributed by atoms with van der Waals surface area (Å²) in [5.74, 6) is 1.71. The van der Waals surface area contributed by atoms with Gasteiger partial charge in [0.25, 0.3) is 0 Å². The Labute approximate surface area is 117 Å². The smallest absolute Gasteiger partial charge is 0.159 e. The molecule has 104 valence electrons. The number of carbonyl (C=O) groups excluding carboxylic acids is 1. The van der Waals surface area contributed by atoms with Gasteiger partial charge in [-0.3, -0.25) is 4.79 Å². The molecule has 0 N–H and O–H groups in total. The Balaban J connectivity index is 2.00. The monoisotopic (exact) mass is 258 g/mol. The number of rotatable bonds is 2. The summed E-state index contributed by atoms with van der Waals surface area (Å²) in [6, 6.07) is 8.26. The third-order valence-electron chi connectivity index (χ3n) is 4.74. The minimum Gasteiger partial charge on any atom is -0.295 e. The van der Waals surface area contributed by atoms with Gasteiger partial charge in [0.2, 0.25) is 0 Å². The van der Waals surface area contributed by atoms with Gasteiger partial charge in [-0.2, -0.15) is 0 Å². The maximum Gasteiger partial charge on any atom is 0.159 e. The molecule has 0 unspecified atom stereocenters. The number of ketones is 1. The van der Waals surface area contributed by atoms with E-state index in [0.29, 0.717) is 11.3 Å². The molecule has 0 bridgehead atoms. The quantitative estimate of drug-likeness (QED) is 0.665. The van der Waals surface area contributed by atoms with Crippen LogP contribution in [0.4, 0.5) is 0 Å². The fraction of sp³-hybridized carbons (Fsp3) is 0.611. The number of carbonyl (C=O) groups is 1. The molecule has 0 aliphatic heterocycles. The first-order valence-corrected chi connectivity index (χ1v) is 7.49. The molecule has 2 rings (SSSR count). The highest BCUT2D eigenvalue weighted by Crippen LogP contribution is 2.43. The number of Topliss-reactive ketones (excluding diaryl/α,β-unsaturated/α-hetero) is 1. The molecular formula is C18H26O. The van der Waals surface area contributed by atoms with Crippen LogP contribution in [0.1, 0.15) is 75.2 Å². The van der Waals surface area contributed by atoms with Crippen molar-refractivity contribution in [2.75, 3.05) is 0 Å². The van der Waals surface area contributed by atoms with Gasteiger partial charge in [-0.1, -0.05) is 45.0 Å². The molecule has 0 amide bonds. The van der Waals surface area contributed by atoms with Gasteiger partial charge in [0.05, 0.1) is 0 Å². The van der Waals surface area contributed by atoms with E-state index in [4.69, 9.17) is 0 Å². The second kappa shape index (κ2) is 5.48. The first-order valence-electron chi connectivity index (χ1n) is 7.49. The molecule has 1 aromatic carbocycles. The van der Waals surface area contributed by atoms with Crippen LogP contribution in [0.5, 0.6) is 0 Å². The molecule has 0 atom stereocenters. The summed E-state index contributed by atoms with van der Waals surface area (Å²) in [5, 5.41) is 0. The van der Waals surface area contributed by atoms with Crippen LogP contribution in [0.25, 0.3) is 0 Å². The van der Waals surface area contributed by atoms with Gasteiger partial charge in [0, 0.05) is 5.56 Å². The molecular weight excluding hydrogens is 232 g/mol. The normalized spacial score (nSPS) is 24.2. The molecule has 1 aliphatic rings. The predicted octanol–water partition coefficient (Wildman–Crippen LogP) is 5.21. The zero-order chi connectivity index (χ0) is 14.0. The molecule has 1 saturated carbocycles. The summed E-state index contributed by atoms with van der Waals surface area (Å²) in [6.07, 6.45) is 5.26. The highest BCUT2D eigenvalue weighted by Gasteiger charge is 2.30. The molecule has 19 heavy (non-hydrogen) atoms. The Hall–Kier alpha value is -1.11. The molecule has 1 heteroatoms. The fourth-order valence-corrected chi connectivity index (χ4v) is 3.28. The van der Waals surface area contributed by atoms with Crippen LogP contribution in [0.3, 0.4) is 0 Å². The van der Waals surface area contributed by atoms with Crippen molar-refractivity contribution >= 4 is 5.78 Å². The standard InChI is InChI=1S/C18H26O/c1-13(19)14-5-7-15(8-6-14)16-9-11-17(12-10-16)18(2,3)4/h5-8,16-17H,9-12H2,1-4H3. The summed E-state index contributed by atoms with van der Waals surface area (Å²) < 4.78 is 0. The zero-order valence-corrected chi connectivity index (χ0v) is 12.7. The second-order valence-electron chi connectivity index (χ2n) is 7.09. The summed E-state index contributed by atoms with van der Waals surface area (Å²) in [7, 11) is 0.